The molecule has 0 radical (unpaired) electrons. The van der Waals surface area contributed by atoms with Crippen LogP contribution < -0.4 is 9.64 Å². The Morgan fingerprint density at radius 3 is 2.43 bits per heavy atom. The molecule has 0 aromatic heterocycles. The number of ether oxygens (including phenoxy) is 1. The molecular formula is C23H28N4O2S. The maximum atomic E-state index is 12.9. The normalized spacial score (nSPS) is 17.9. The maximum absolute atomic E-state index is 12.9. The SMILES string of the molecule is CCCC1SC(=NN=Cc2ccc(N(C)C)cc2)N(Cc2ccc(OC)cc2)C1=O. The molecule has 0 N–H and O–H groups in total. The Morgan fingerprint density at radius 1 is 1.13 bits per heavy atom. The number of nitrogens with zero attached hydrogens (tertiary/aromatic N) is 4. The second-order valence-corrected chi connectivity index (χ2v) is 8.45. The van der Waals surface area contributed by atoms with Crippen LogP contribution in [0.3, 0.4) is 0 Å². The van der Waals surface area contributed by atoms with Crippen molar-refractivity contribution in [2.75, 3.05) is 26.1 Å². The van der Waals surface area contributed by atoms with E-state index in [9.17, 15) is 4.79 Å². The second-order valence-electron chi connectivity index (χ2n) is 7.28. The lowest BCUT2D eigenvalue weighted by Gasteiger charge is -2.16. The Bertz CT molecular complexity index is 908. The third-order valence-corrected chi connectivity index (χ3v) is 6.06. The lowest BCUT2D eigenvalue weighted by atomic mass is 10.2. The zero-order valence-corrected chi connectivity index (χ0v) is 18.7. The van der Waals surface area contributed by atoms with Crippen LogP contribution in [0.2, 0.25) is 0 Å². The predicted molar refractivity (Wildman–Crippen MR) is 126 cm³/mol. The number of thioether (sulfide) groups is 1. The monoisotopic (exact) mass is 424 g/mol. The van der Waals surface area contributed by atoms with Gasteiger partial charge < -0.3 is 9.64 Å². The average molecular weight is 425 g/mol. The van der Waals surface area contributed by atoms with Gasteiger partial charge in [-0.3, -0.25) is 9.69 Å². The summed E-state index contributed by atoms with van der Waals surface area (Å²) in [7, 11) is 5.66. The first kappa shape index (κ1) is 21.9. The van der Waals surface area contributed by atoms with Gasteiger partial charge in [0.15, 0.2) is 5.17 Å². The largest absolute Gasteiger partial charge is 0.497 e. The highest BCUT2D eigenvalue weighted by molar-refractivity contribution is 8.15. The fourth-order valence-corrected chi connectivity index (χ4v) is 4.31. The molecule has 1 unspecified atom stereocenters. The molecule has 1 saturated heterocycles. The molecule has 1 heterocycles. The molecule has 0 saturated carbocycles. The highest BCUT2D eigenvalue weighted by Gasteiger charge is 2.37. The number of methoxy groups -OCH3 is 1. The number of amidine groups is 1. The van der Waals surface area contributed by atoms with Gasteiger partial charge in [-0.05, 0) is 41.8 Å². The molecule has 1 aliphatic rings. The molecule has 1 aliphatic heterocycles. The van der Waals surface area contributed by atoms with Crippen molar-refractivity contribution in [2.45, 2.75) is 31.6 Å². The Kier molecular flexibility index (Phi) is 7.52. The third-order valence-electron chi connectivity index (χ3n) is 4.83. The summed E-state index contributed by atoms with van der Waals surface area (Å²) in [5, 5.41) is 9.20. The van der Waals surface area contributed by atoms with Gasteiger partial charge in [0, 0.05) is 19.8 Å². The third kappa shape index (κ3) is 5.42. The van der Waals surface area contributed by atoms with E-state index in [1.165, 1.54) is 11.8 Å². The predicted octanol–water partition coefficient (Wildman–Crippen LogP) is 4.40. The molecule has 0 aliphatic carbocycles. The minimum absolute atomic E-state index is 0.0958. The number of rotatable bonds is 8. The number of carbonyl (C=O) groups is 1. The van der Waals surface area contributed by atoms with Crippen molar-refractivity contribution in [2.24, 2.45) is 10.2 Å². The van der Waals surface area contributed by atoms with Gasteiger partial charge in [0.2, 0.25) is 5.91 Å². The van der Waals surface area contributed by atoms with Crippen molar-refractivity contribution < 1.29 is 9.53 Å². The van der Waals surface area contributed by atoms with E-state index in [1.807, 2.05) is 67.5 Å². The maximum Gasteiger partial charge on any atom is 0.242 e. The van der Waals surface area contributed by atoms with E-state index in [0.717, 1.165) is 35.4 Å². The zero-order valence-electron chi connectivity index (χ0n) is 17.9. The summed E-state index contributed by atoms with van der Waals surface area (Å²) >= 11 is 1.50. The van der Waals surface area contributed by atoms with E-state index in [1.54, 1.807) is 18.2 Å². The lowest BCUT2D eigenvalue weighted by molar-refractivity contribution is -0.126. The van der Waals surface area contributed by atoms with Crippen molar-refractivity contribution in [3.05, 3.63) is 59.7 Å². The zero-order chi connectivity index (χ0) is 21.5. The molecule has 1 amide bonds. The van der Waals surface area contributed by atoms with E-state index < -0.39 is 0 Å². The van der Waals surface area contributed by atoms with E-state index >= 15 is 0 Å². The summed E-state index contributed by atoms with van der Waals surface area (Å²) in [6.45, 7) is 2.56. The highest BCUT2D eigenvalue weighted by Crippen LogP contribution is 2.32. The summed E-state index contributed by atoms with van der Waals surface area (Å²) in [6, 6.07) is 15.8. The molecule has 0 bridgehead atoms. The van der Waals surface area contributed by atoms with E-state index in [4.69, 9.17) is 4.74 Å². The number of anilines is 1. The highest BCUT2D eigenvalue weighted by atomic mass is 32.2. The molecular weight excluding hydrogens is 396 g/mol. The summed E-state index contributed by atoms with van der Waals surface area (Å²) in [6.07, 6.45) is 3.50. The molecule has 2 aromatic rings. The van der Waals surface area contributed by atoms with Gasteiger partial charge in [0.1, 0.15) is 5.75 Å². The lowest BCUT2D eigenvalue weighted by Crippen LogP contribution is -2.31. The van der Waals surface area contributed by atoms with Gasteiger partial charge in [-0.1, -0.05) is 49.4 Å². The Morgan fingerprint density at radius 2 is 1.83 bits per heavy atom. The van der Waals surface area contributed by atoms with Crippen LogP contribution in [0.25, 0.3) is 0 Å². The first-order valence-corrected chi connectivity index (χ1v) is 10.9. The number of hydrogen-bond donors (Lipinski definition) is 0. The van der Waals surface area contributed by atoms with E-state index in [2.05, 4.69) is 17.1 Å². The van der Waals surface area contributed by atoms with Crippen LogP contribution in [0.15, 0.2) is 58.7 Å². The van der Waals surface area contributed by atoms with Gasteiger partial charge >= 0.3 is 0 Å². The number of benzene rings is 2. The van der Waals surface area contributed by atoms with E-state index in [0.29, 0.717) is 11.7 Å². The number of hydrogen-bond acceptors (Lipinski definition) is 6. The standard InChI is InChI=1S/C23H28N4O2S/c1-5-6-21-22(28)27(16-18-9-13-20(29-4)14-10-18)23(30-21)25-24-15-17-7-11-19(12-8-17)26(2)3/h7-15,21H,5-6,16H2,1-4H3. The first-order chi connectivity index (χ1) is 14.5. The molecule has 1 fully saturated rings. The second kappa shape index (κ2) is 10.3. The molecule has 3 rings (SSSR count). The topological polar surface area (TPSA) is 57.5 Å². The van der Waals surface area contributed by atoms with Gasteiger partial charge in [0.25, 0.3) is 0 Å². The Hall–Kier alpha value is -2.80. The molecule has 6 nitrogen and oxygen atoms in total. The minimum Gasteiger partial charge on any atom is -0.497 e. The van der Waals surface area contributed by atoms with Crippen molar-refractivity contribution >= 4 is 34.7 Å². The first-order valence-electron chi connectivity index (χ1n) is 10.0. The quantitative estimate of drug-likeness (QED) is 0.466. The smallest absolute Gasteiger partial charge is 0.242 e. The van der Waals surface area contributed by atoms with Crippen molar-refractivity contribution in [3.8, 4) is 5.75 Å². The minimum atomic E-state index is -0.0958. The fourth-order valence-electron chi connectivity index (χ4n) is 3.09. The van der Waals surface area contributed by atoms with Crippen LogP contribution in [0, 0.1) is 0 Å². The van der Waals surface area contributed by atoms with Crippen molar-refractivity contribution in [1.82, 2.24) is 4.90 Å². The summed E-state index contributed by atoms with van der Waals surface area (Å²) in [4.78, 5) is 16.7. The fraction of sp³-hybridized carbons (Fsp3) is 0.348. The van der Waals surface area contributed by atoms with Crippen LogP contribution in [0.1, 0.15) is 30.9 Å². The van der Waals surface area contributed by atoms with Crippen LogP contribution in [-0.4, -0.2) is 48.6 Å². The van der Waals surface area contributed by atoms with Crippen LogP contribution in [-0.2, 0) is 11.3 Å². The number of amides is 1. The number of carbonyl (C=O) groups excluding carboxylic acids is 1. The summed E-state index contributed by atoms with van der Waals surface area (Å²) in [5.74, 6) is 0.894. The summed E-state index contributed by atoms with van der Waals surface area (Å²) in [5.41, 5.74) is 3.12. The van der Waals surface area contributed by atoms with Crippen molar-refractivity contribution in [1.29, 1.82) is 0 Å². The molecule has 2 aromatic carbocycles. The molecule has 158 valence electrons. The molecule has 7 heteroatoms. The Balaban J connectivity index is 1.76. The van der Waals surface area contributed by atoms with Gasteiger partial charge in [-0.25, -0.2) is 0 Å². The van der Waals surface area contributed by atoms with Crippen molar-refractivity contribution in [3.63, 3.8) is 0 Å². The van der Waals surface area contributed by atoms with Gasteiger partial charge in [-0.2, -0.15) is 5.10 Å². The molecule has 1 atom stereocenters. The van der Waals surface area contributed by atoms with Crippen LogP contribution in [0.5, 0.6) is 5.75 Å². The van der Waals surface area contributed by atoms with Gasteiger partial charge in [-0.15, -0.1) is 5.10 Å². The molecule has 30 heavy (non-hydrogen) atoms. The summed E-state index contributed by atoms with van der Waals surface area (Å²) < 4.78 is 5.22. The van der Waals surface area contributed by atoms with Gasteiger partial charge in [0.05, 0.1) is 25.1 Å². The average Bonchev–Trinajstić information content (AvgIpc) is 3.04. The van der Waals surface area contributed by atoms with Crippen LogP contribution in [0.4, 0.5) is 5.69 Å². The molecule has 0 spiro atoms. The van der Waals surface area contributed by atoms with Crippen LogP contribution >= 0.6 is 11.8 Å². The Labute approximate surface area is 182 Å². The van der Waals surface area contributed by atoms with E-state index in [-0.39, 0.29) is 11.2 Å².